The summed E-state index contributed by atoms with van der Waals surface area (Å²) in [5.74, 6) is -0.757. The van der Waals surface area contributed by atoms with Crippen LogP contribution in [0.4, 0.5) is 5.69 Å². The normalized spacial score (nSPS) is 12.7. The highest BCUT2D eigenvalue weighted by molar-refractivity contribution is 7.92. The van der Waals surface area contributed by atoms with Crippen LogP contribution in [0.3, 0.4) is 0 Å². The maximum absolute atomic E-state index is 14.6. The van der Waals surface area contributed by atoms with Gasteiger partial charge in [0.05, 0.1) is 10.6 Å². The zero-order chi connectivity index (χ0) is 33.4. The monoisotopic (exact) mass is 639 g/mol. The topological polar surface area (TPSA) is 86.8 Å². The first-order chi connectivity index (χ1) is 21.9. The molecule has 4 aromatic carbocycles. The van der Waals surface area contributed by atoms with Crippen LogP contribution in [0.25, 0.3) is 0 Å². The minimum atomic E-state index is -4.15. The molecular formula is C38H45N3O4S. The molecule has 4 aromatic rings. The number of rotatable bonds is 13. The minimum absolute atomic E-state index is 0.0876. The molecule has 0 aliphatic heterocycles. The molecule has 0 heterocycles. The highest BCUT2D eigenvalue weighted by Gasteiger charge is 2.35. The zero-order valence-electron chi connectivity index (χ0n) is 27.7. The molecule has 0 unspecified atom stereocenters. The Morgan fingerprint density at radius 1 is 0.761 bits per heavy atom. The molecular weight excluding hydrogens is 595 g/mol. The molecule has 242 valence electrons. The van der Waals surface area contributed by atoms with Crippen molar-refractivity contribution < 1.29 is 18.0 Å². The van der Waals surface area contributed by atoms with Crippen LogP contribution in [0.15, 0.2) is 102 Å². The van der Waals surface area contributed by atoms with Gasteiger partial charge in [-0.3, -0.25) is 13.9 Å². The Kier molecular flexibility index (Phi) is 11.4. The highest BCUT2D eigenvalue weighted by Crippen LogP contribution is 2.27. The standard InChI is InChI=1S/C38H45N3O4S/c1-7-31(6)39-38(43)36(24-32-11-9-8-10-12-32)40(25-33-18-13-27(2)14-19-33)37(42)26-41(34-20-17-29(4)30(5)23-34)46(44,45)35-21-15-28(3)16-22-35/h8-23,31,36H,7,24-26H2,1-6H3,(H,39,43)/t31-,36-/m0/s1. The van der Waals surface area contributed by atoms with Gasteiger partial charge in [-0.15, -0.1) is 0 Å². The SMILES string of the molecule is CC[C@H](C)NC(=O)[C@H](Cc1ccccc1)N(Cc1ccc(C)cc1)C(=O)CN(c1ccc(C)c(C)c1)S(=O)(=O)c1ccc(C)cc1. The smallest absolute Gasteiger partial charge is 0.264 e. The Morgan fingerprint density at radius 3 is 1.96 bits per heavy atom. The molecule has 1 N–H and O–H groups in total. The lowest BCUT2D eigenvalue weighted by Gasteiger charge is -2.34. The van der Waals surface area contributed by atoms with Crippen molar-refractivity contribution in [1.29, 1.82) is 0 Å². The van der Waals surface area contributed by atoms with Crippen molar-refractivity contribution in [2.45, 2.75) is 77.9 Å². The van der Waals surface area contributed by atoms with E-state index in [2.05, 4.69) is 5.32 Å². The number of nitrogens with zero attached hydrogens (tertiary/aromatic N) is 2. The molecule has 0 aliphatic carbocycles. The predicted octanol–water partition coefficient (Wildman–Crippen LogP) is 6.67. The van der Waals surface area contributed by atoms with Crippen LogP contribution in [0, 0.1) is 27.7 Å². The molecule has 0 aliphatic rings. The first kappa shape index (κ1) is 34.4. The van der Waals surface area contributed by atoms with Crippen LogP contribution in [-0.4, -0.2) is 43.8 Å². The fourth-order valence-electron chi connectivity index (χ4n) is 5.13. The van der Waals surface area contributed by atoms with Gasteiger partial charge in [0.15, 0.2) is 0 Å². The Hall–Kier alpha value is -4.43. The molecule has 0 saturated carbocycles. The lowest BCUT2D eigenvalue weighted by Crippen LogP contribution is -2.54. The van der Waals surface area contributed by atoms with Gasteiger partial charge in [-0.25, -0.2) is 8.42 Å². The van der Waals surface area contributed by atoms with Crippen molar-refractivity contribution >= 4 is 27.5 Å². The number of nitrogens with one attached hydrogen (secondary N) is 1. The van der Waals surface area contributed by atoms with Gasteiger partial charge in [0.1, 0.15) is 12.6 Å². The molecule has 7 nitrogen and oxygen atoms in total. The maximum Gasteiger partial charge on any atom is 0.264 e. The summed E-state index contributed by atoms with van der Waals surface area (Å²) in [6, 6.07) is 28.4. The Balaban J connectivity index is 1.82. The van der Waals surface area contributed by atoms with Gasteiger partial charge in [-0.2, -0.15) is 0 Å². The minimum Gasteiger partial charge on any atom is -0.352 e. The molecule has 0 aromatic heterocycles. The highest BCUT2D eigenvalue weighted by atomic mass is 32.2. The number of hydrogen-bond donors (Lipinski definition) is 1. The summed E-state index contributed by atoms with van der Waals surface area (Å²) in [5, 5.41) is 3.08. The number of sulfonamides is 1. The number of carbonyl (C=O) groups excluding carboxylic acids is 2. The van der Waals surface area contributed by atoms with Crippen LogP contribution in [-0.2, 0) is 32.6 Å². The van der Waals surface area contributed by atoms with Gasteiger partial charge in [0, 0.05) is 19.0 Å². The molecule has 46 heavy (non-hydrogen) atoms. The van der Waals surface area contributed by atoms with Crippen LogP contribution >= 0.6 is 0 Å². The predicted molar refractivity (Wildman–Crippen MR) is 185 cm³/mol. The third-order valence-corrected chi connectivity index (χ3v) is 10.2. The van der Waals surface area contributed by atoms with Crippen molar-refractivity contribution in [2.75, 3.05) is 10.8 Å². The van der Waals surface area contributed by atoms with E-state index in [4.69, 9.17) is 0 Å². The quantitative estimate of drug-likeness (QED) is 0.177. The van der Waals surface area contributed by atoms with Gasteiger partial charge in [0.25, 0.3) is 10.0 Å². The van der Waals surface area contributed by atoms with E-state index in [1.165, 1.54) is 9.21 Å². The number of carbonyl (C=O) groups is 2. The molecule has 4 rings (SSSR count). The van der Waals surface area contributed by atoms with Gasteiger partial charge in [-0.1, -0.05) is 90.8 Å². The van der Waals surface area contributed by atoms with E-state index in [1.54, 1.807) is 36.4 Å². The average molecular weight is 640 g/mol. The van der Waals surface area contributed by atoms with Crippen LogP contribution in [0.5, 0.6) is 0 Å². The second-order valence-electron chi connectivity index (χ2n) is 12.1. The van der Waals surface area contributed by atoms with Gasteiger partial charge < -0.3 is 10.2 Å². The Labute approximate surface area is 274 Å². The van der Waals surface area contributed by atoms with Crippen LogP contribution in [0.1, 0.15) is 53.6 Å². The summed E-state index contributed by atoms with van der Waals surface area (Å²) in [6.07, 6.45) is 1.00. The summed E-state index contributed by atoms with van der Waals surface area (Å²) in [5.41, 5.74) is 6.03. The molecule has 0 saturated heterocycles. The van der Waals surface area contributed by atoms with E-state index in [9.17, 15) is 18.0 Å². The fraction of sp³-hybridized carbons (Fsp3) is 0.316. The second-order valence-corrected chi connectivity index (χ2v) is 14.0. The third kappa shape index (κ3) is 8.63. The van der Waals surface area contributed by atoms with E-state index in [0.29, 0.717) is 5.69 Å². The Bertz CT molecular complexity index is 1740. The van der Waals surface area contributed by atoms with Gasteiger partial charge in [0.2, 0.25) is 11.8 Å². The summed E-state index contributed by atoms with van der Waals surface area (Å²) in [6.45, 7) is 11.3. The summed E-state index contributed by atoms with van der Waals surface area (Å²) in [7, 11) is -4.15. The second kappa shape index (κ2) is 15.2. The largest absolute Gasteiger partial charge is 0.352 e. The van der Waals surface area contributed by atoms with E-state index >= 15 is 0 Å². The molecule has 2 amide bonds. The number of benzene rings is 4. The van der Waals surface area contributed by atoms with Crippen molar-refractivity contribution in [3.63, 3.8) is 0 Å². The van der Waals surface area contributed by atoms with E-state index in [0.717, 1.165) is 39.8 Å². The molecule has 0 radical (unpaired) electrons. The van der Waals surface area contributed by atoms with Crippen molar-refractivity contribution in [3.8, 4) is 0 Å². The lowest BCUT2D eigenvalue weighted by atomic mass is 10.0. The Morgan fingerprint density at radius 2 is 1.37 bits per heavy atom. The van der Waals surface area contributed by atoms with Crippen molar-refractivity contribution in [3.05, 3.63) is 130 Å². The number of amides is 2. The lowest BCUT2D eigenvalue weighted by molar-refractivity contribution is -0.140. The first-order valence-corrected chi connectivity index (χ1v) is 17.2. The molecule has 0 bridgehead atoms. The van der Waals surface area contributed by atoms with E-state index < -0.39 is 28.5 Å². The van der Waals surface area contributed by atoms with Gasteiger partial charge in [-0.05, 0) is 87.6 Å². The van der Waals surface area contributed by atoms with Crippen LogP contribution in [0.2, 0.25) is 0 Å². The fourth-order valence-corrected chi connectivity index (χ4v) is 6.54. The van der Waals surface area contributed by atoms with Gasteiger partial charge >= 0.3 is 0 Å². The maximum atomic E-state index is 14.6. The first-order valence-electron chi connectivity index (χ1n) is 15.7. The van der Waals surface area contributed by atoms with Crippen LogP contribution < -0.4 is 9.62 Å². The summed E-state index contributed by atoms with van der Waals surface area (Å²) >= 11 is 0. The number of anilines is 1. The summed E-state index contributed by atoms with van der Waals surface area (Å²) in [4.78, 5) is 30.2. The molecule has 8 heteroatoms. The number of aryl methyl sites for hydroxylation is 4. The summed E-state index contributed by atoms with van der Waals surface area (Å²) < 4.78 is 29.7. The third-order valence-electron chi connectivity index (χ3n) is 8.41. The molecule has 0 fully saturated rings. The molecule has 2 atom stereocenters. The van der Waals surface area contributed by atoms with E-state index in [1.807, 2.05) is 102 Å². The van der Waals surface area contributed by atoms with Crippen molar-refractivity contribution in [2.24, 2.45) is 0 Å². The molecule has 0 spiro atoms. The van der Waals surface area contributed by atoms with Crippen molar-refractivity contribution in [1.82, 2.24) is 10.2 Å². The zero-order valence-corrected chi connectivity index (χ0v) is 28.5. The average Bonchev–Trinajstić information content (AvgIpc) is 3.04. The number of hydrogen-bond acceptors (Lipinski definition) is 4. The van der Waals surface area contributed by atoms with E-state index in [-0.39, 0.29) is 29.8 Å².